The van der Waals surface area contributed by atoms with Crippen LogP contribution in [0, 0.1) is 0 Å². The second-order valence-electron chi connectivity index (χ2n) is 4.34. The molecule has 17 heavy (non-hydrogen) atoms. The summed E-state index contributed by atoms with van der Waals surface area (Å²) in [6.45, 7) is 9.57. The van der Waals surface area contributed by atoms with Crippen molar-refractivity contribution in [1.29, 1.82) is 0 Å². The normalized spacial score (nSPS) is 19.8. The Hall–Kier alpha value is -0.260. The number of nitrogens with zero attached hydrogens (tertiary/aromatic N) is 1. The number of rotatable bonds is 8. The zero-order chi connectivity index (χ0) is 12.5. The van der Waals surface area contributed by atoms with Crippen LogP contribution in [0.4, 0.5) is 0 Å². The van der Waals surface area contributed by atoms with E-state index in [2.05, 4.69) is 29.4 Å². The van der Waals surface area contributed by atoms with Crippen LogP contribution >= 0.6 is 11.8 Å². The third-order valence-corrected chi connectivity index (χ3v) is 4.04. The van der Waals surface area contributed by atoms with Crippen molar-refractivity contribution in [2.75, 3.05) is 44.2 Å². The van der Waals surface area contributed by atoms with Crippen molar-refractivity contribution >= 4 is 17.7 Å². The molecule has 1 atom stereocenters. The Labute approximate surface area is 109 Å². The molecule has 0 aromatic heterocycles. The SMILES string of the molecule is CCN(CC)CCSCC(=O)NC1CCNC1. The fourth-order valence-corrected chi connectivity index (χ4v) is 2.75. The molecule has 1 aliphatic heterocycles. The van der Waals surface area contributed by atoms with Crippen molar-refractivity contribution in [3.05, 3.63) is 0 Å². The second kappa shape index (κ2) is 8.78. The highest BCUT2D eigenvalue weighted by Crippen LogP contribution is 2.03. The predicted molar refractivity (Wildman–Crippen MR) is 74.5 cm³/mol. The number of carbonyl (C=O) groups is 1. The van der Waals surface area contributed by atoms with E-state index in [1.807, 2.05) is 0 Å². The second-order valence-corrected chi connectivity index (χ2v) is 5.44. The maximum atomic E-state index is 11.6. The summed E-state index contributed by atoms with van der Waals surface area (Å²) in [6.07, 6.45) is 1.07. The standard InChI is InChI=1S/C12H25N3OS/c1-3-15(4-2)7-8-17-10-12(16)14-11-5-6-13-9-11/h11,13H,3-10H2,1-2H3,(H,14,16). The molecule has 1 amide bonds. The van der Waals surface area contributed by atoms with Crippen LogP contribution in [0.15, 0.2) is 0 Å². The molecule has 5 heteroatoms. The van der Waals surface area contributed by atoms with Crippen LogP contribution in [0.3, 0.4) is 0 Å². The molecule has 1 aliphatic rings. The largest absolute Gasteiger partial charge is 0.351 e. The van der Waals surface area contributed by atoms with E-state index in [1.165, 1.54) is 0 Å². The lowest BCUT2D eigenvalue weighted by atomic mass is 10.3. The van der Waals surface area contributed by atoms with E-state index in [4.69, 9.17) is 0 Å². The first kappa shape index (κ1) is 14.8. The summed E-state index contributed by atoms with van der Waals surface area (Å²) >= 11 is 1.73. The van der Waals surface area contributed by atoms with Crippen LogP contribution in [-0.2, 0) is 4.79 Å². The van der Waals surface area contributed by atoms with E-state index >= 15 is 0 Å². The molecule has 0 bridgehead atoms. The van der Waals surface area contributed by atoms with Gasteiger partial charge in [0.05, 0.1) is 5.75 Å². The zero-order valence-corrected chi connectivity index (χ0v) is 11.8. The number of nitrogens with one attached hydrogen (secondary N) is 2. The summed E-state index contributed by atoms with van der Waals surface area (Å²) in [5.41, 5.74) is 0. The van der Waals surface area contributed by atoms with Crippen LogP contribution in [0.1, 0.15) is 20.3 Å². The average Bonchev–Trinajstić information content (AvgIpc) is 2.82. The van der Waals surface area contributed by atoms with Gasteiger partial charge in [-0.1, -0.05) is 13.8 Å². The van der Waals surface area contributed by atoms with Crippen LogP contribution in [0.25, 0.3) is 0 Å². The molecule has 1 heterocycles. The van der Waals surface area contributed by atoms with Gasteiger partial charge in [0.25, 0.3) is 0 Å². The van der Waals surface area contributed by atoms with Gasteiger partial charge in [0.2, 0.25) is 5.91 Å². The van der Waals surface area contributed by atoms with Gasteiger partial charge in [0.1, 0.15) is 0 Å². The predicted octanol–water partition coefficient (Wildman–Crippen LogP) is 0.540. The number of hydrogen-bond donors (Lipinski definition) is 2. The Morgan fingerprint density at radius 3 is 2.82 bits per heavy atom. The molecule has 0 saturated carbocycles. The van der Waals surface area contributed by atoms with Crippen molar-refractivity contribution in [2.24, 2.45) is 0 Å². The summed E-state index contributed by atoms with van der Waals surface area (Å²) in [7, 11) is 0. The fraction of sp³-hybridized carbons (Fsp3) is 0.917. The molecule has 0 spiro atoms. The number of amides is 1. The quantitative estimate of drug-likeness (QED) is 0.625. The first-order chi connectivity index (χ1) is 8.26. The highest BCUT2D eigenvalue weighted by molar-refractivity contribution is 7.99. The number of hydrogen-bond acceptors (Lipinski definition) is 4. The first-order valence-corrected chi connectivity index (χ1v) is 7.71. The van der Waals surface area contributed by atoms with Crippen molar-refractivity contribution in [2.45, 2.75) is 26.3 Å². The van der Waals surface area contributed by atoms with Gasteiger partial charge in [0, 0.05) is 24.9 Å². The maximum absolute atomic E-state index is 11.6. The van der Waals surface area contributed by atoms with Crippen molar-refractivity contribution < 1.29 is 4.79 Å². The van der Waals surface area contributed by atoms with Crippen LogP contribution < -0.4 is 10.6 Å². The lowest BCUT2D eigenvalue weighted by Crippen LogP contribution is -2.37. The Bertz CT molecular complexity index is 216. The van der Waals surface area contributed by atoms with Gasteiger partial charge in [-0.15, -0.1) is 0 Å². The molecule has 0 aromatic rings. The summed E-state index contributed by atoms with van der Waals surface area (Å²) in [6, 6.07) is 0.353. The lowest BCUT2D eigenvalue weighted by molar-refractivity contribution is -0.119. The monoisotopic (exact) mass is 259 g/mol. The van der Waals surface area contributed by atoms with Gasteiger partial charge in [-0.3, -0.25) is 4.79 Å². The molecule has 2 N–H and O–H groups in total. The smallest absolute Gasteiger partial charge is 0.230 e. The van der Waals surface area contributed by atoms with E-state index in [1.54, 1.807) is 11.8 Å². The van der Waals surface area contributed by atoms with Gasteiger partial charge in [-0.05, 0) is 26.1 Å². The molecule has 100 valence electrons. The molecular weight excluding hydrogens is 234 g/mol. The third-order valence-electron chi connectivity index (χ3n) is 3.10. The van der Waals surface area contributed by atoms with E-state index in [9.17, 15) is 4.79 Å². The van der Waals surface area contributed by atoms with Gasteiger partial charge >= 0.3 is 0 Å². The Balaban J connectivity index is 1.99. The molecule has 0 radical (unpaired) electrons. The van der Waals surface area contributed by atoms with Gasteiger partial charge in [0.15, 0.2) is 0 Å². The van der Waals surface area contributed by atoms with E-state index in [0.29, 0.717) is 11.8 Å². The van der Waals surface area contributed by atoms with Crippen molar-refractivity contribution in [3.8, 4) is 0 Å². The number of carbonyl (C=O) groups excluding carboxylic acids is 1. The minimum absolute atomic E-state index is 0.184. The Morgan fingerprint density at radius 2 is 2.24 bits per heavy atom. The molecule has 4 nitrogen and oxygen atoms in total. The molecule has 0 aromatic carbocycles. The van der Waals surface area contributed by atoms with Gasteiger partial charge in [-0.25, -0.2) is 0 Å². The molecule has 1 unspecified atom stereocenters. The molecule has 1 saturated heterocycles. The van der Waals surface area contributed by atoms with Gasteiger partial charge < -0.3 is 15.5 Å². The minimum atomic E-state index is 0.184. The molecule has 1 rings (SSSR count). The third kappa shape index (κ3) is 6.29. The average molecular weight is 259 g/mol. The van der Waals surface area contributed by atoms with Crippen LogP contribution in [-0.4, -0.2) is 61.1 Å². The van der Waals surface area contributed by atoms with E-state index in [-0.39, 0.29) is 5.91 Å². The molecule has 1 fully saturated rings. The van der Waals surface area contributed by atoms with Crippen molar-refractivity contribution in [1.82, 2.24) is 15.5 Å². The van der Waals surface area contributed by atoms with Crippen LogP contribution in [0.5, 0.6) is 0 Å². The maximum Gasteiger partial charge on any atom is 0.230 e. The van der Waals surface area contributed by atoms with E-state index < -0.39 is 0 Å². The van der Waals surface area contributed by atoms with Gasteiger partial charge in [-0.2, -0.15) is 11.8 Å². The first-order valence-electron chi connectivity index (χ1n) is 6.56. The summed E-state index contributed by atoms with van der Waals surface area (Å²) in [5, 5.41) is 6.31. The van der Waals surface area contributed by atoms with E-state index in [0.717, 1.165) is 44.9 Å². The van der Waals surface area contributed by atoms with Crippen molar-refractivity contribution in [3.63, 3.8) is 0 Å². The molecule has 0 aliphatic carbocycles. The highest BCUT2D eigenvalue weighted by Gasteiger charge is 2.16. The Kier molecular flexibility index (Phi) is 7.64. The summed E-state index contributed by atoms with van der Waals surface area (Å²) in [5.74, 6) is 1.82. The molecular formula is C12H25N3OS. The number of thioether (sulfide) groups is 1. The topological polar surface area (TPSA) is 44.4 Å². The summed E-state index contributed by atoms with van der Waals surface area (Å²) < 4.78 is 0. The summed E-state index contributed by atoms with van der Waals surface area (Å²) in [4.78, 5) is 14.0. The highest BCUT2D eigenvalue weighted by atomic mass is 32.2. The minimum Gasteiger partial charge on any atom is -0.351 e. The fourth-order valence-electron chi connectivity index (χ4n) is 1.95. The Morgan fingerprint density at radius 1 is 1.47 bits per heavy atom. The zero-order valence-electron chi connectivity index (χ0n) is 11.0. The van der Waals surface area contributed by atoms with Crippen LogP contribution in [0.2, 0.25) is 0 Å². The lowest BCUT2D eigenvalue weighted by Gasteiger charge is -2.17.